The molecule has 0 fully saturated rings. The van der Waals surface area contributed by atoms with Crippen LogP contribution in [0.4, 0.5) is 0 Å². The zero-order valence-electron chi connectivity index (χ0n) is 15.0. The van der Waals surface area contributed by atoms with Gasteiger partial charge in [-0.05, 0) is 48.7 Å². The van der Waals surface area contributed by atoms with Crippen LogP contribution in [0.25, 0.3) is 0 Å². The molecule has 0 aliphatic carbocycles. The Bertz CT molecular complexity index is 700. The first-order valence-corrected chi connectivity index (χ1v) is 8.29. The largest absolute Gasteiger partial charge is 0.493 e. The first-order valence-electron chi connectivity index (χ1n) is 8.29. The SMILES string of the molecule is COc1ccc(CCNC(=O)CCOc2cccc(C)c2)cc1OC. The third-order valence-electron chi connectivity index (χ3n) is 3.77. The van der Waals surface area contributed by atoms with E-state index in [-0.39, 0.29) is 5.91 Å². The van der Waals surface area contributed by atoms with Crippen molar-refractivity contribution in [3.63, 3.8) is 0 Å². The van der Waals surface area contributed by atoms with Gasteiger partial charge < -0.3 is 19.5 Å². The second-order valence-corrected chi connectivity index (χ2v) is 5.70. The zero-order chi connectivity index (χ0) is 18.1. The number of carbonyl (C=O) groups is 1. The van der Waals surface area contributed by atoms with E-state index < -0.39 is 0 Å². The number of carbonyl (C=O) groups excluding carboxylic acids is 1. The molecule has 2 rings (SSSR count). The Hall–Kier alpha value is -2.69. The molecular formula is C20H25NO4. The van der Waals surface area contributed by atoms with Crippen LogP contribution in [-0.4, -0.2) is 33.3 Å². The van der Waals surface area contributed by atoms with Gasteiger partial charge in [0.1, 0.15) is 5.75 Å². The van der Waals surface area contributed by atoms with Gasteiger partial charge in [-0.3, -0.25) is 4.79 Å². The molecule has 2 aromatic carbocycles. The number of aryl methyl sites for hydroxylation is 1. The van der Waals surface area contributed by atoms with Crippen LogP contribution in [-0.2, 0) is 11.2 Å². The second kappa shape index (κ2) is 9.57. The predicted molar refractivity (Wildman–Crippen MR) is 97.6 cm³/mol. The molecule has 0 aliphatic rings. The molecule has 1 N–H and O–H groups in total. The van der Waals surface area contributed by atoms with E-state index in [1.54, 1.807) is 14.2 Å². The highest BCUT2D eigenvalue weighted by Crippen LogP contribution is 2.27. The molecule has 0 aromatic heterocycles. The van der Waals surface area contributed by atoms with Crippen LogP contribution in [0.1, 0.15) is 17.5 Å². The van der Waals surface area contributed by atoms with Crippen molar-refractivity contribution in [1.82, 2.24) is 5.32 Å². The van der Waals surface area contributed by atoms with Gasteiger partial charge in [-0.15, -0.1) is 0 Å². The first kappa shape index (κ1) is 18.6. The second-order valence-electron chi connectivity index (χ2n) is 5.70. The van der Waals surface area contributed by atoms with Gasteiger partial charge in [0.15, 0.2) is 11.5 Å². The molecule has 5 nitrogen and oxygen atoms in total. The standard InChI is InChI=1S/C20H25NO4/c1-15-5-4-6-17(13-15)25-12-10-20(22)21-11-9-16-7-8-18(23-2)19(14-16)24-3/h4-8,13-14H,9-12H2,1-3H3,(H,21,22). The minimum atomic E-state index is -0.0203. The average molecular weight is 343 g/mol. The molecule has 134 valence electrons. The Morgan fingerprint density at radius 2 is 1.84 bits per heavy atom. The highest BCUT2D eigenvalue weighted by Gasteiger charge is 2.06. The number of hydrogen-bond acceptors (Lipinski definition) is 4. The lowest BCUT2D eigenvalue weighted by Gasteiger charge is -2.10. The molecule has 0 aliphatic heterocycles. The zero-order valence-corrected chi connectivity index (χ0v) is 15.0. The minimum Gasteiger partial charge on any atom is -0.493 e. The van der Waals surface area contributed by atoms with Crippen LogP contribution in [0, 0.1) is 6.92 Å². The van der Waals surface area contributed by atoms with Crippen molar-refractivity contribution in [2.75, 3.05) is 27.4 Å². The monoisotopic (exact) mass is 343 g/mol. The molecule has 0 radical (unpaired) electrons. The van der Waals surface area contributed by atoms with Crippen molar-refractivity contribution in [2.24, 2.45) is 0 Å². The summed E-state index contributed by atoms with van der Waals surface area (Å²) in [6.07, 6.45) is 1.06. The van der Waals surface area contributed by atoms with Gasteiger partial charge in [0.2, 0.25) is 5.91 Å². The van der Waals surface area contributed by atoms with Gasteiger partial charge in [-0.2, -0.15) is 0 Å². The van der Waals surface area contributed by atoms with Gasteiger partial charge in [0.25, 0.3) is 0 Å². The highest BCUT2D eigenvalue weighted by atomic mass is 16.5. The molecule has 0 spiro atoms. The Morgan fingerprint density at radius 1 is 1.04 bits per heavy atom. The van der Waals surface area contributed by atoms with E-state index in [1.165, 1.54) is 0 Å². The smallest absolute Gasteiger partial charge is 0.223 e. The maximum absolute atomic E-state index is 11.9. The Morgan fingerprint density at radius 3 is 2.56 bits per heavy atom. The lowest BCUT2D eigenvalue weighted by Crippen LogP contribution is -2.27. The summed E-state index contributed by atoms with van der Waals surface area (Å²) in [6.45, 7) is 2.94. The topological polar surface area (TPSA) is 56.8 Å². The molecule has 2 aromatic rings. The van der Waals surface area contributed by atoms with Gasteiger partial charge >= 0.3 is 0 Å². The molecule has 5 heteroatoms. The Labute approximate surface area is 148 Å². The number of hydrogen-bond donors (Lipinski definition) is 1. The third kappa shape index (κ3) is 6.03. The summed E-state index contributed by atoms with van der Waals surface area (Å²) >= 11 is 0. The number of methoxy groups -OCH3 is 2. The molecule has 0 saturated carbocycles. The maximum Gasteiger partial charge on any atom is 0.223 e. The first-order chi connectivity index (χ1) is 12.1. The Kier molecular flexibility index (Phi) is 7.14. The molecule has 0 heterocycles. The number of amides is 1. The summed E-state index contributed by atoms with van der Waals surface area (Å²) in [7, 11) is 3.22. The normalized spacial score (nSPS) is 10.2. The fourth-order valence-electron chi connectivity index (χ4n) is 2.44. The molecule has 0 atom stereocenters. The van der Waals surface area contributed by atoms with Crippen LogP contribution in [0.15, 0.2) is 42.5 Å². The molecule has 0 unspecified atom stereocenters. The van der Waals surface area contributed by atoms with E-state index in [2.05, 4.69) is 5.32 Å². The summed E-state index contributed by atoms with van der Waals surface area (Å²) < 4.78 is 16.1. The molecular weight excluding hydrogens is 318 g/mol. The average Bonchev–Trinajstić information content (AvgIpc) is 2.61. The van der Waals surface area contributed by atoms with Crippen LogP contribution in [0.5, 0.6) is 17.2 Å². The number of ether oxygens (including phenoxy) is 3. The van der Waals surface area contributed by atoms with Gasteiger partial charge in [-0.25, -0.2) is 0 Å². The number of nitrogens with one attached hydrogen (secondary N) is 1. The van der Waals surface area contributed by atoms with Gasteiger partial charge in [0, 0.05) is 6.54 Å². The summed E-state index contributed by atoms with van der Waals surface area (Å²) in [4.78, 5) is 11.9. The molecule has 25 heavy (non-hydrogen) atoms. The lowest BCUT2D eigenvalue weighted by molar-refractivity contribution is -0.121. The summed E-state index contributed by atoms with van der Waals surface area (Å²) in [5.41, 5.74) is 2.21. The summed E-state index contributed by atoms with van der Waals surface area (Å²) in [5.74, 6) is 2.16. The van der Waals surface area contributed by atoms with Crippen LogP contribution in [0.2, 0.25) is 0 Å². The Balaban J connectivity index is 1.70. The van der Waals surface area contributed by atoms with Crippen LogP contribution < -0.4 is 19.5 Å². The summed E-state index contributed by atoms with van der Waals surface area (Å²) in [6, 6.07) is 13.5. The van der Waals surface area contributed by atoms with Gasteiger partial charge in [0.05, 0.1) is 27.2 Å². The van der Waals surface area contributed by atoms with Crippen LogP contribution in [0.3, 0.4) is 0 Å². The number of benzene rings is 2. The van der Waals surface area contributed by atoms with Crippen molar-refractivity contribution < 1.29 is 19.0 Å². The molecule has 1 amide bonds. The molecule has 0 bridgehead atoms. The lowest BCUT2D eigenvalue weighted by atomic mass is 10.1. The quantitative estimate of drug-likeness (QED) is 0.760. The minimum absolute atomic E-state index is 0.0203. The van der Waals surface area contributed by atoms with E-state index in [0.717, 1.165) is 23.3 Å². The van der Waals surface area contributed by atoms with E-state index in [4.69, 9.17) is 14.2 Å². The van der Waals surface area contributed by atoms with E-state index in [1.807, 2.05) is 49.4 Å². The van der Waals surface area contributed by atoms with Crippen molar-refractivity contribution >= 4 is 5.91 Å². The summed E-state index contributed by atoms with van der Waals surface area (Å²) in [5, 5.41) is 2.90. The predicted octanol–water partition coefficient (Wildman–Crippen LogP) is 3.14. The van der Waals surface area contributed by atoms with Gasteiger partial charge in [-0.1, -0.05) is 18.2 Å². The van der Waals surface area contributed by atoms with E-state index in [0.29, 0.717) is 31.1 Å². The van der Waals surface area contributed by atoms with Crippen molar-refractivity contribution in [3.05, 3.63) is 53.6 Å². The third-order valence-corrected chi connectivity index (χ3v) is 3.77. The van der Waals surface area contributed by atoms with Crippen molar-refractivity contribution in [1.29, 1.82) is 0 Å². The fourth-order valence-corrected chi connectivity index (χ4v) is 2.44. The van der Waals surface area contributed by atoms with Crippen LogP contribution >= 0.6 is 0 Å². The number of rotatable bonds is 9. The van der Waals surface area contributed by atoms with Crippen molar-refractivity contribution in [3.8, 4) is 17.2 Å². The highest BCUT2D eigenvalue weighted by molar-refractivity contribution is 5.76. The molecule has 0 saturated heterocycles. The van der Waals surface area contributed by atoms with E-state index in [9.17, 15) is 4.79 Å². The van der Waals surface area contributed by atoms with Crippen molar-refractivity contribution in [2.45, 2.75) is 19.8 Å². The maximum atomic E-state index is 11.9. The fraction of sp³-hybridized carbons (Fsp3) is 0.350. The van der Waals surface area contributed by atoms with E-state index >= 15 is 0 Å².